The molecule has 1 atom stereocenters. The summed E-state index contributed by atoms with van der Waals surface area (Å²) in [6.45, 7) is 1.54. The van der Waals surface area contributed by atoms with Crippen molar-refractivity contribution in [3.63, 3.8) is 0 Å². The summed E-state index contributed by atoms with van der Waals surface area (Å²) in [4.78, 5) is 20.9. The van der Waals surface area contributed by atoms with Crippen LogP contribution < -0.4 is 0 Å². The predicted molar refractivity (Wildman–Crippen MR) is 79.3 cm³/mol. The molecule has 0 aliphatic carbocycles. The number of amides is 1. The van der Waals surface area contributed by atoms with E-state index in [9.17, 15) is 9.90 Å². The Hall–Kier alpha value is -1.66. The van der Waals surface area contributed by atoms with E-state index in [4.69, 9.17) is 0 Å². The van der Waals surface area contributed by atoms with E-state index in [0.717, 1.165) is 29.7 Å². The first-order valence-electron chi connectivity index (χ1n) is 6.60. The van der Waals surface area contributed by atoms with Gasteiger partial charge in [0.1, 0.15) is 5.75 Å². The summed E-state index contributed by atoms with van der Waals surface area (Å²) in [6, 6.07) is 5.41. The van der Waals surface area contributed by atoms with Crippen LogP contribution in [0.5, 0.6) is 5.75 Å². The predicted octanol–water partition coefficient (Wildman–Crippen LogP) is 1.78. The number of benzene rings is 1. The van der Waals surface area contributed by atoms with Crippen LogP contribution in [-0.4, -0.2) is 59.0 Å². The van der Waals surface area contributed by atoms with Crippen molar-refractivity contribution in [3.8, 4) is 5.75 Å². The van der Waals surface area contributed by atoms with Crippen molar-refractivity contribution in [1.82, 2.24) is 14.8 Å². The molecule has 0 saturated carbocycles. The second-order valence-corrected chi connectivity index (χ2v) is 6.36. The first kappa shape index (κ1) is 13.3. The zero-order valence-corrected chi connectivity index (χ0v) is 12.4. The van der Waals surface area contributed by atoms with Gasteiger partial charge in [0.2, 0.25) is 0 Å². The van der Waals surface area contributed by atoms with Gasteiger partial charge in [0.05, 0.1) is 10.2 Å². The molecule has 1 amide bonds. The van der Waals surface area contributed by atoms with E-state index in [1.165, 1.54) is 11.3 Å². The highest BCUT2D eigenvalue weighted by Gasteiger charge is 2.29. The van der Waals surface area contributed by atoms with Crippen LogP contribution in [0.1, 0.15) is 16.2 Å². The van der Waals surface area contributed by atoms with E-state index in [0.29, 0.717) is 11.0 Å². The third-order valence-electron chi connectivity index (χ3n) is 3.74. The Bertz CT molecular complexity index is 653. The Morgan fingerprint density at radius 2 is 2.30 bits per heavy atom. The van der Waals surface area contributed by atoms with Crippen LogP contribution in [0.2, 0.25) is 0 Å². The lowest BCUT2D eigenvalue weighted by atomic mass is 10.2. The van der Waals surface area contributed by atoms with Gasteiger partial charge < -0.3 is 14.9 Å². The zero-order chi connectivity index (χ0) is 14.3. The molecule has 0 bridgehead atoms. The highest BCUT2D eigenvalue weighted by atomic mass is 32.1. The number of nitrogens with zero attached hydrogens (tertiary/aromatic N) is 3. The molecular formula is C14H17N3O2S. The average molecular weight is 291 g/mol. The summed E-state index contributed by atoms with van der Waals surface area (Å²) in [7, 11) is 4.08. The fourth-order valence-corrected chi connectivity index (χ4v) is 3.45. The van der Waals surface area contributed by atoms with Crippen LogP contribution in [0.4, 0.5) is 0 Å². The van der Waals surface area contributed by atoms with Crippen LogP contribution in [-0.2, 0) is 0 Å². The largest absolute Gasteiger partial charge is 0.508 e. The summed E-state index contributed by atoms with van der Waals surface area (Å²) >= 11 is 1.34. The number of rotatable bonds is 2. The Kier molecular flexibility index (Phi) is 3.35. The number of hydrogen-bond donors (Lipinski definition) is 1. The van der Waals surface area contributed by atoms with Crippen molar-refractivity contribution in [2.75, 3.05) is 27.2 Å². The van der Waals surface area contributed by atoms with Crippen molar-refractivity contribution in [1.29, 1.82) is 0 Å². The van der Waals surface area contributed by atoms with Crippen LogP contribution in [0.15, 0.2) is 18.2 Å². The number of aromatic nitrogens is 1. The fraction of sp³-hybridized carbons (Fsp3) is 0.429. The van der Waals surface area contributed by atoms with Gasteiger partial charge in [0.25, 0.3) is 5.91 Å². The van der Waals surface area contributed by atoms with Crippen molar-refractivity contribution < 1.29 is 9.90 Å². The number of phenols is 1. The molecule has 0 spiro atoms. The molecule has 20 heavy (non-hydrogen) atoms. The Labute approximate surface area is 121 Å². The lowest BCUT2D eigenvalue weighted by Crippen LogP contribution is -2.34. The van der Waals surface area contributed by atoms with E-state index in [-0.39, 0.29) is 11.7 Å². The van der Waals surface area contributed by atoms with Gasteiger partial charge in [0, 0.05) is 19.1 Å². The lowest BCUT2D eigenvalue weighted by molar-refractivity contribution is 0.0783. The first-order chi connectivity index (χ1) is 9.54. The van der Waals surface area contributed by atoms with Crippen LogP contribution in [0, 0.1) is 0 Å². The number of thiazole rings is 1. The molecule has 5 nitrogen and oxygen atoms in total. The van der Waals surface area contributed by atoms with Gasteiger partial charge in [-0.3, -0.25) is 4.79 Å². The molecule has 1 saturated heterocycles. The standard InChI is InChI=1S/C14H17N3O2S/c1-16(2)9-5-6-17(8-9)14(19)13-15-11-4-3-10(18)7-12(11)20-13/h3-4,7,9,18H,5-6,8H2,1-2H3. The maximum Gasteiger partial charge on any atom is 0.282 e. The lowest BCUT2D eigenvalue weighted by Gasteiger charge is -2.19. The minimum atomic E-state index is -0.00459. The van der Waals surface area contributed by atoms with Gasteiger partial charge in [-0.25, -0.2) is 4.98 Å². The van der Waals surface area contributed by atoms with Crippen LogP contribution >= 0.6 is 11.3 Å². The number of carbonyl (C=O) groups excluding carboxylic acids is 1. The minimum Gasteiger partial charge on any atom is -0.508 e. The fourth-order valence-electron chi connectivity index (χ4n) is 2.49. The van der Waals surface area contributed by atoms with Crippen LogP contribution in [0.3, 0.4) is 0 Å². The number of likely N-dealkylation sites (tertiary alicyclic amines) is 1. The molecule has 0 radical (unpaired) electrons. The topological polar surface area (TPSA) is 56.7 Å². The molecule has 1 fully saturated rings. The molecule has 1 aromatic carbocycles. The highest BCUT2D eigenvalue weighted by Crippen LogP contribution is 2.27. The highest BCUT2D eigenvalue weighted by molar-refractivity contribution is 7.20. The molecule has 2 aromatic rings. The van der Waals surface area contributed by atoms with E-state index < -0.39 is 0 Å². The molecular weight excluding hydrogens is 274 g/mol. The van der Waals surface area contributed by atoms with Gasteiger partial charge in [-0.15, -0.1) is 11.3 Å². The molecule has 1 aliphatic heterocycles. The van der Waals surface area contributed by atoms with Gasteiger partial charge in [-0.1, -0.05) is 0 Å². The maximum absolute atomic E-state index is 12.5. The summed E-state index contributed by atoms with van der Waals surface area (Å²) in [6.07, 6.45) is 1.00. The normalized spacial score (nSPS) is 19.1. The van der Waals surface area contributed by atoms with Gasteiger partial charge in [0.15, 0.2) is 5.01 Å². The number of likely N-dealkylation sites (N-methyl/N-ethyl adjacent to an activating group) is 1. The maximum atomic E-state index is 12.5. The molecule has 1 aliphatic rings. The summed E-state index contributed by atoms with van der Waals surface area (Å²) in [5.41, 5.74) is 0.763. The SMILES string of the molecule is CN(C)C1CCN(C(=O)c2nc3ccc(O)cc3s2)C1. The minimum absolute atomic E-state index is 0.00459. The molecule has 1 N–H and O–H groups in total. The monoisotopic (exact) mass is 291 g/mol. The van der Waals surface area contributed by atoms with E-state index in [1.54, 1.807) is 18.2 Å². The first-order valence-corrected chi connectivity index (χ1v) is 7.41. The third-order valence-corrected chi connectivity index (χ3v) is 4.74. The molecule has 3 rings (SSSR count). The number of fused-ring (bicyclic) bond motifs is 1. The van der Waals surface area contributed by atoms with Gasteiger partial charge >= 0.3 is 0 Å². The third kappa shape index (κ3) is 2.36. The number of carbonyl (C=O) groups is 1. The Morgan fingerprint density at radius 3 is 3.00 bits per heavy atom. The second kappa shape index (κ2) is 5.03. The second-order valence-electron chi connectivity index (χ2n) is 5.33. The molecule has 1 unspecified atom stereocenters. The van der Waals surface area contributed by atoms with Crippen molar-refractivity contribution in [2.45, 2.75) is 12.5 Å². The zero-order valence-electron chi connectivity index (χ0n) is 11.5. The number of aromatic hydroxyl groups is 1. The van der Waals surface area contributed by atoms with E-state index in [1.807, 2.05) is 19.0 Å². The summed E-state index contributed by atoms with van der Waals surface area (Å²) < 4.78 is 0.844. The van der Waals surface area contributed by atoms with Crippen molar-refractivity contribution >= 4 is 27.5 Å². The smallest absolute Gasteiger partial charge is 0.282 e. The molecule has 6 heteroatoms. The number of phenolic OH excluding ortho intramolecular Hbond substituents is 1. The average Bonchev–Trinajstić information content (AvgIpc) is 3.03. The molecule has 2 heterocycles. The number of hydrogen-bond acceptors (Lipinski definition) is 5. The molecule has 1 aromatic heterocycles. The van der Waals surface area contributed by atoms with Gasteiger partial charge in [-0.05, 0) is 38.7 Å². The van der Waals surface area contributed by atoms with Crippen molar-refractivity contribution in [2.24, 2.45) is 0 Å². The quantitative estimate of drug-likeness (QED) is 0.916. The van der Waals surface area contributed by atoms with Crippen LogP contribution in [0.25, 0.3) is 10.2 Å². The molecule has 106 valence electrons. The van der Waals surface area contributed by atoms with Gasteiger partial charge in [-0.2, -0.15) is 0 Å². The van der Waals surface area contributed by atoms with E-state index >= 15 is 0 Å². The van der Waals surface area contributed by atoms with Crippen molar-refractivity contribution in [3.05, 3.63) is 23.2 Å². The van der Waals surface area contributed by atoms with E-state index in [2.05, 4.69) is 9.88 Å². The summed E-state index contributed by atoms with van der Waals surface area (Å²) in [5, 5.41) is 9.97. The Morgan fingerprint density at radius 1 is 1.50 bits per heavy atom. The summed E-state index contributed by atoms with van der Waals surface area (Å²) in [5.74, 6) is 0.198. The Balaban J connectivity index is 1.82.